The second-order valence-corrected chi connectivity index (χ2v) is 8.33. The fourth-order valence-electron chi connectivity index (χ4n) is 3.10. The first-order valence-electron chi connectivity index (χ1n) is 10.8. The molecule has 0 saturated heterocycles. The van der Waals surface area contributed by atoms with Gasteiger partial charge in [-0.15, -0.1) is 11.3 Å². The average molecular weight is 484 g/mol. The van der Waals surface area contributed by atoms with Crippen LogP contribution in [0.25, 0.3) is 11.6 Å². The standard InChI is InChI=1S/C26H29NO6S/c1-18(33-24-8-5-4-7-23(24)30-2)27-16-20(28)17-32-21-12-10-19(11-13-21)15-22(26(29)31-3)25-9-6-14-34-25/h4-15,18,20,27-28H,16-17H2,1-3H3. The summed E-state index contributed by atoms with van der Waals surface area (Å²) in [6.07, 6.45) is 0.723. The topological polar surface area (TPSA) is 86.3 Å². The summed E-state index contributed by atoms with van der Waals surface area (Å²) in [5, 5.41) is 15.3. The Morgan fingerprint density at radius 1 is 1.06 bits per heavy atom. The van der Waals surface area contributed by atoms with E-state index in [1.807, 2.05) is 60.8 Å². The van der Waals surface area contributed by atoms with Gasteiger partial charge >= 0.3 is 5.97 Å². The maximum atomic E-state index is 12.1. The van der Waals surface area contributed by atoms with Crippen LogP contribution < -0.4 is 19.5 Å². The van der Waals surface area contributed by atoms with E-state index in [0.29, 0.717) is 29.4 Å². The number of esters is 1. The molecule has 0 spiro atoms. The van der Waals surface area contributed by atoms with Crippen molar-refractivity contribution in [1.29, 1.82) is 0 Å². The highest BCUT2D eigenvalue weighted by Crippen LogP contribution is 2.27. The summed E-state index contributed by atoms with van der Waals surface area (Å²) in [4.78, 5) is 13.0. The van der Waals surface area contributed by atoms with E-state index in [-0.39, 0.29) is 18.8 Å². The number of ether oxygens (including phenoxy) is 4. The Hall–Kier alpha value is -3.33. The number of aliphatic hydroxyl groups is 1. The molecular weight excluding hydrogens is 454 g/mol. The largest absolute Gasteiger partial charge is 0.493 e. The van der Waals surface area contributed by atoms with Crippen LogP contribution in [0.15, 0.2) is 66.0 Å². The van der Waals surface area contributed by atoms with Gasteiger partial charge in [-0.05, 0) is 54.3 Å². The molecule has 1 aromatic heterocycles. The van der Waals surface area contributed by atoms with E-state index in [4.69, 9.17) is 18.9 Å². The number of nitrogens with one attached hydrogen (secondary N) is 1. The van der Waals surface area contributed by atoms with Gasteiger partial charge in [0.25, 0.3) is 0 Å². The molecule has 2 N–H and O–H groups in total. The van der Waals surface area contributed by atoms with Crippen molar-refractivity contribution in [3.05, 3.63) is 76.5 Å². The minimum atomic E-state index is -0.729. The molecule has 0 aliphatic carbocycles. The molecule has 8 heteroatoms. The molecule has 7 nitrogen and oxygen atoms in total. The second-order valence-electron chi connectivity index (χ2n) is 7.38. The molecule has 0 aliphatic heterocycles. The number of carbonyl (C=O) groups excluding carboxylic acids is 1. The van der Waals surface area contributed by atoms with Crippen LogP contribution in [0, 0.1) is 0 Å². The predicted molar refractivity (Wildman–Crippen MR) is 133 cm³/mol. The molecule has 0 aliphatic rings. The third-order valence-corrected chi connectivity index (χ3v) is 5.74. The van der Waals surface area contributed by atoms with E-state index in [1.165, 1.54) is 18.4 Å². The number of rotatable bonds is 12. The van der Waals surface area contributed by atoms with Gasteiger partial charge in [0.15, 0.2) is 11.5 Å². The van der Waals surface area contributed by atoms with E-state index in [9.17, 15) is 9.90 Å². The minimum Gasteiger partial charge on any atom is -0.493 e. The van der Waals surface area contributed by atoms with Gasteiger partial charge in [-0.1, -0.05) is 30.3 Å². The van der Waals surface area contributed by atoms with Crippen molar-refractivity contribution in [1.82, 2.24) is 5.32 Å². The van der Waals surface area contributed by atoms with E-state index in [0.717, 1.165) is 10.4 Å². The summed E-state index contributed by atoms with van der Waals surface area (Å²) in [7, 11) is 2.96. The third-order valence-electron chi connectivity index (χ3n) is 4.84. The number of para-hydroxylation sites is 2. The number of benzene rings is 2. The van der Waals surface area contributed by atoms with E-state index in [2.05, 4.69) is 5.32 Å². The molecule has 3 rings (SSSR count). The smallest absolute Gasteiger partial charge is 0.339 e. The number of methoxy groups -OCH3 is 2. The lowest BCUT2D eigenvalue weighted by atomic mass is 10.1. The number of hydrogen-bond acceptors (Lipinski definition) is 8. The summed E-state index contributed by atoms with van der Waals surface area (Å²) in [5.41, 5.74) is 1.34. The molecule has 2 unspecified atom stereocenters. The second kappa shape index (κ2) is 12.8. The fourth-order valence-corrected chi connectivity index (χ4v) is 3.83. The highest BCUT2D eigenvalue weighted by Gasteiger charge is 2.14. The number of hydrogen-bond donors (Lipinski definition) is 2. The van der Waals surface area contributed by atoms with Gasteiger partial charge in [0, 0.05) is 11.4 Å². The molecule has 3 aromatic rings. The maximum Gasteiger partial charge on any atom is 0.339 e. The third kappa shape index (κ3) is 7.34. The maximum absolute atomic E-state index is 12.1. The van der Waals surface area contributed by atoms with Gasteiger partial charge in [-0.25, -0.2) is 4.79 Å². The molecule has 180 valence electrons. The van der Waals surface area contributed by atoms with Gasteiger partial charge < -0.3 is 24.1 Å². The minimum absolute atomic E-state index is 0.117. The number of thiophene rings is 1. The van der Waals surface area contributed by atoms with E-state index >= 15 is 0 Å². The monoisotopic (exact) mass is 483 g/mol. The SMILES string of the molecule is COC(=O)C(=Cc1ccc(OCC(O)CNC(C)Oc2ccccc2OC)cc1)c1cccs1. The van der Waals surface area contributed by atoms with Gasteiger partial charge in [0.1, 0.15) is 24.7 Å². The molecule has 0 saturated carbocycles. The highest BCUT2D eigenvalue weighted by atomic mass is 32.1. The van der Waals surface area contributed by atoms with Crippen molar-refractivity contribution in [3.63, 3.8) is 0 Å². The Morgan fingerprint density at radius 2 is 1.79 bits per heavy atom. The summed E-state index contributed by atoms with van der Waals surface area (Å²) >= 11 is 1.47. The van der Waals surface area contributed by atoms with Crippen LogP contribution in [0.2, 0.25) is 0 Å². The van der Waals surface area contributed by atoms with Crippen LogP contribution >= 0.6 is 11.3 Å². The lowest BCUT2D eigenvalue weighted by molar-refractivity contribution is -0.133. The van der Waals surface area contributed by atoms with Crippen molar-refractivity contribution in [2.75, 3.05) is 27.4 Å². The Morgan fingerprint density at radius 3 is 2.44 bits per heavy atom. The molecule has 0 radical (unpaired) electrons. The van der Waals surface area contributed by atoms with Crippen LogP contribution in [0.4, 0.5) is 0 Å². The fraction of sp³-hybridized carbons (Fsp3) is 0.269. The number of aliphatic hydroxyl groups excluding tert-OH is 1. The Labute approximate surface area is 203 Å². The van der Waals surface area contributed by atoms with Gasteiger partial charge in [-0.2, -0.15) is 0 Å². The molecule has 2 aromatic carbocycles. The summed E-state index contributed by atoms with van der Waals surface area (Å²) < 4.78 is 21.7. The van der Waals surface area contributed by atoms with Crippen LogP contribution in [-0.4, -0.2) is 50.8 Å². The normalized spacial score (nSPS) is 13.1. The summed E-state index contributed by atoms with van der Waals surface area (Å²) in [5.74, 6) is 1.50. The summed E-state index contributed by atoms with van der Waals surface area (Å²) in [6.45, 7) is 2.26. The number of carbonyl (C=O) groups is 1. The quantitative estimate of drug-likeness (QED) is 0.227. The molecule has 2 atom stereocenters. The lowest BCUT2D eigenvalue weighted by Crippen LogP contribution is -2.39. The predicted octanol–water partition coefficient (Wildman–Crippen LogP) is 4.22. The zero-order valence-electron chi connectivity index (χ0n) is 19.4. The van der Waals surface area contributed by atoms with Crippen LogP contribution in [0.5, 0.6) is 17.2 Å². The molecule has 1 heterocycles. The van der Waals surface area contributed by atoms with Gasteiger partial charge in [0.05, 0.1) is 19.8 Å². The first kappa shape index (κ1) is 25.3. The van der Waals surface area contributed by atoms with Crippen molar-refractivity contribution in [2.24, 2.45) is 0 Å². The zero-order chi connectivity index (χ0) is 24.3. The van der Waals surface area contributed by atoms with Gasteiger partial charge in [-0.3, -0.25) is 5.32 Å². The van der Waals surface area contributed by atoms with E-state index < -0.39 is 6.10 Å². The van der Waals surface area contributed by atoms with Crippen molar-refractivity contribution >= 4 is 29.0 Å². The summed E-state index contributed by atoms with van der Waals surface area (Å²) in [6, 6.07) is 18.4. The first-order valence-corrected chi connectivity index (χ1v) is 11.7. The van der Waals surface area contributed by atoms with Crippen molar-refractivity contribution in [2.45, 2.75) is 19.3 Å². The van der Waals surface area contributed by atoms with Crippen molar-refractivity contribution < 1.29 is 28.8 Å². The first-order chi connectivity index (χ1) is 16.5. The van der Waals surface area contributed by atoms with Crippen LogP contribution in [-0.2, 0) is 9.53 Å². The molecule has 34 heavy (non-hydrogen) atoms. The van der Waals surface area contributed by atoms with Crippen molar-refractivity contribution in [3.8, 4) is 17.2 Å². The molecule has 0 fully saturated rings. The van der Waals surface area contributed by atoms with Crippen LogP contribution in [0.3, 0.4) is 0 Å². The van der Waals surface area contributed by atoms with Gasteiger partial charge in [0.2, 0.25) is 0 Å². The zero-order valence-corrected chi connectivity index (χ0v) is 20.2. The highest BCUT2D eigenvalue weighted by molar-refractivity contribution is 7.11. The Kier molecular flexibility index (Phi) is 9.51. The molecule has 0 bridgehead atoms. The lowest BCUT2D eigenvalue weighted by Gasteiger charge is -2.20. The van der Waals surface area contributed by atoms with Crippen LogP contribution in [0.1, 0.15) is 17.4 Å². The molecular formula is C26H29NO6S. The van der Waals surface area contributed by atoms with E-state index in [1.54, 1.807) is 25.3 Å². The Bertz CT molecular complexity index is 1070. The average Bonchev–Trinajstić information content (AvgIpc) is 3.40. The molecule has 0 amide bonds. The Balaban J connectivity index is 1.48.